The Kier molecular flexibility index (Phi) is 3.43. The third kappa shape index (κ3) is 2.31. The molecule has 0 saturated heterocycles. The van der Waals surface area contributed by atoms with Crippen molar-refractivity contribution in [3.63, 3.8) is 0 Å². The molecule has 122 valence electrons. The van der Waals surface area contributed by atoms with Crippen molar-refractivity contribution in [1.82, 2.24) is 15.5 Å². The van der Waals surface area contributed by atoms with Gasteiger partial charge in [0.25, 0.3) is 0 Å². The van der Waals surface area contributed by atoms with Crippen LogP contribution in [0.25, 0.3) is 21.8 Å². The predicted molar refractivity (Wildman–Crippen MR) is 90.6 cm³/mol. The highest BCUT2D eigenvalue weighted by molar-refractivity contribution is 7.15. The zero-order valence-corrected chi connectivity index (χ0v) is 13.7. The molecule has 3 aromatic rings. The second-order valence-electron chi connectivity index (χ2n) is 5.40. The zero-order chi connectivity index (χ0) is 16.8. The summed E-state index contributed by atoms with van der Waals surface area (Å²) >= 11 is 1.53. The van der Waals surface area contributed by atoms with Gasteiger partial charge in [0, 0.05) is 5.56 Å². The van der Waals surface area contributed by atoms with E-state index in [4.69, 9.17) is 0 Å². The fraction of sp³-hybridized carbons (Fsp3) is 0.125. The number of halogens is 2. The standard InChI is InChI=1S/C16H13F2N5S/c1-7-16(24-8(2)19-7)12-5-3-4-11(20-12)9-6-10(17)14-15(13(9)18)22-23-21-14/h3-6,21-23H,1-2H3. The lowest BCUT2D eigenvalue weighted by Crippen LogP contribution is -2.19. The normalized spacial score (nSPS) is 12.7. The number of thiazole rings is 1. The summed E-state index contributed by atoms with van der Waals surface area (Å²) < 4.78 is 28.9. The molecule has 1 aliphatic rings. The van der Waals surface area contributed by atoms with E-state index in [1.54, 1.807) is 12.1 Å². The molecule has 1 aromatic carbocycles. The van der Waals surface area contributed by atoms with Gasteiger partial charge in [0.1, 0.15) is 11.4 Å². The first-order valence-electron chi connectivity index (χ1n) is 7.25. The number of nitrogens with zero attached hydrogens (tertiary/aromatic N) is 2. The fourth-order valence-corrected chi connectivity index (χ4v) is 3.58. The molecule has 0 saturated carbocycles. The van der Waals surface area contributed by atoms with E-state index < -0.39 is 11.6 Å². The van der Waals surface area contributed by atoms with Crippen LogP contribution in [0.3, 0.4) is 0 Å². The Morgan fingerprint density at radius 3 is 2.50 bits per heavy atom. The Hall–Kier alpha value is -2.58. The van der Waals surface area contributed by atoms with E-state index in [1.165, 1.54) is 11.3 Å². The second kappa shape index (κ2) is 5.50. The van der Waals surface area contributed by atoms with Crippen LogP contribution in [-0.2, 0) is 0 Å². The highest BCUT2D eigenvalue weighted by Gasteiger charge is 2.23. The Labute approximate surface area is 140 Å². The summed E-state index contributed by atoms with van der Waals surface area (Å²) in [6, 6.07) is 6.42. The highest BCUT2D eigenvalue weighted by Crippen LogP contribution is 2.37. The van der Waals surface area contributed by atoms with Crippen LogP contribution in [0.2, 0.25) is 0 Å². The lowest BCUT2D eigenvalue weighted by Gasteiger charge is -2.09. The molecular weight excluding hydrogens is 332 g/mol. The lowest BCUT2D eigenvalue weighted by atomic mass is 10.1. The number of aryl methyl sites for hydroxylation is 2. The van der Waals surface area contributed by atoms with Crippen molar-refractivity contribution in [2.24, 2.45) is 0 Å². The minimum atomic E-state index is -0.564. The van der Waals surface area contributed by atoms with E-state index in [9.17, 15) is 8.78 Å². The van der Waals surface area contributed by atoms with Crippen molar-refractivity contribution in [3.8, 4) is 21.8 Å². The average molecular weight is 345 g/mol. The zero-order valence-electron chi connectivity index (χ0n) is 12.9. The minimum absolute atomic E-state index is 0.0435. The topological polar surface area (TPSA) is 61.9 Å². The fourth-order valence-electron chi connectivity index (χ4n) is 2.69. The summed E-state index contributed by atoms with van der Waals surface area (Å²) in [7, 11) is 0. The number of hydrazine groups is 2. The molecule has 2 aromatic heterocycles. The molecule has 24 heavy (non-hydrogen) atoms. The first-order chi connectivity index (χ1) is 11.5. The molecule has 0 spiro atoms. The molecule has 0 unspecified atom stereocenters. The van der Waals surface area contributed by atoms with Crippen LogP contribution in [0.4, 0.5) is 20.2 Å². The van der Waals surface area contributed by atoms with Gasteiger partial charge in [-0.1, -0.05) is 6.07 Å². The number of benzene rings is 1. The van der Waals surface area contributed by atoms with Crippen LogP contribution >= 0.6 is 11.3 Å². The van der Waals surface area contributed by atoms with Crippen LogP contribution in [0.15, 0.2) is 24.3 Å². The number of aromatic nitrogens is 2. The predicted octanol–water partition coefficient (Wildman–Crippen LogP) is 4.02. The van der Waals surface area contributed by atoms with Gasteiger partial charge in [0.2, 0.25) is 0 Å². The molecule has 0 amide bonds. The molecule has 0 aliphatic carbocycles. The van der Waals surface area contributed by atoms with E-state index in [0.29, 0.717) is 11.4 Å². The molecule has 8 heteroatoms. The van der Waals surface area contributed by atoms with Gasteiger partial charge in [0.05, 0.1) is 27.0 Å². The Morgan fingerprint density at radius 2 is 1.75 bits per heavy atom. The number of hydrogen-bond donors (Lipinski definition) is 3. The number of fused-ring (bicyclic) bond motifs is 1. The second-order valence-corrected chi connectivity index (χ2v) is 6.60. The number of pyridine rings is 1. The summed E-state index contributed by atoms with van der Waals surface area (Å²) in [6.07, 6.45) is 0. The van der Waals surface area contributed by atoms with Gasteiger partial charge in [-0.05, 0) is 32.0 Å². The monoisotopic (exact) mass is 345 g/mol. The quantitative estimate of drug-likeness (QED) is 0.655. The van der Waals surface area contributed by atoms with Crippen molar-refractivity contribution >= 4 is 22.7 Å². The van der Waals surface area contributed by atoms with Gasteiger partial charge < -0.3 is 0 Å². The summed E-state index contributed by atoms with van der Waals surface area (Å²) in [5.41, 5.74) is 9.72. The number of hydrogen-bond acceptors (Lipinski definition) is 6. The molecule has 0 bridgehead atoms. The number of rotatable bonds is 2. The van der Waals surface area contributed by atoms with Crippen LogP contribution < -0.4 is 16.4 Å². The van der Waals surface area contributed by atoms with Gasteiger partial charge >= 0.3 is 0 Å². The van der Waals surface area contributed by atoms with Gasteiger partial charge in [-0.15, -0.1) is 16.9 Å². The Morgan fingerprint density at radius 1 is 1.00 bits per heavy atom. The number of anilines is 2. The first kappa shape index (κ1) is 15.0. The van der Waals surface area contributed by atoms with Gasteiger partial charge in [-0.2, -0.15) is 0 Å². The summed E-state index contributed by atoms with van der Waals surface area (Å²) in [5.74, 6) is -1.12. The van der Waals surface area contributed by atoms with Crippen LogP contribution in [0.5, 0.6) is 0 Å². The third-order valence-electron chi connectivity index (χ3n) is 3.75. The van der Waals surface area contributed by atoms with Crippen molar-refractivity contribution in [2.75, 3.05) is 10.9 Å². The van der Waals surface area contributed by atoms with Crippen LogP contribution in [0, 0.1) is 25.5 Å². The molecule has 1 aliphatic heterocycles. The van der Waals surface area contributed by atoms with Crippen molar-refractivity contribution in [2.45, 2.75) is 13.8 Å². The van der Waals surface area contributed by atoms with Crippen molar-refractivity contribution < 1.29 is 8.78 Å². The van der Waals surface area contributed by atoms with E-state index in [-0.39, 0.29) is 16.9 Å². The maximum atomic E-state index is 14.7. The van der Waals surface area contributed by atoms with E-state index in [2.05, 4.69) is 26.4 Å². The highest BCUT2D eigenvalue weighted by atomic mass is 32.1. The van der Waals surface area contributed by atoms with E-state index in [1.807, 2.05) is 19.9 Å². The van der Waals surface area contributed by atoms with E-state index in [0.717, 1.165) is 21.6 Å². The third-order valence-corrected chi connectivity index (χ3v) is 4.85. The lowest BCUT2D eigenvalue weighted by molar-refractivity contribution is 0.611. The SMILES string of the molecule is Cc1nc(C)c(-c2cccc(-c3cc(F)c4c(c3F)NNN4)n2)s1. The van der Waals surface area contributed by atoms with Crippen molar-refractivity contribution in [1.29, 1.82) is 0 Å². The first-order valence-corrected chi connectivity index (χ1v) is 8.07. The molecule has 0 fully saturated rings. The van der Waals surface area contributed by atoms with Gasteiger partial charge in [-0.3, -0.25) is 10.9 Å². The van der Waals surface area contributed by atoms with E-state index >= 15 is 0 Å². The Balaban J connectivity index is 1.86. The Bertz CT molecular complexity index is 954. The maximum absolute atomic E-state index is 14.7. The largest absolute Gasteiger partial charge is 0.299 e. The van der Waals surface area contributed by atoms with Crippen LogP contribution in [-0.4, -0.2) is 9.97 Å². The molecular formula is C16H13F2N5S. The van der Waals surface area contributed by atoms with Gasteiger partial charge in [-0.25, -0.2) is 18.7 Å². The molecule has 4 rings (SSSR count). The molecule has 0 radical (unpaired) electrons. The summed E-state index contributed by atoms with van der Waals surface area (Å²) in [5, 5.41) is 0.936. The molecule has 0 atom stereocenters. The number of nitrogens with one attached hydrogen (secondary N) is 3. The van der Waals surface area contributed by atoms with Crippen LogP contribution in [0.1, 0.15) is 10.7 Å². The average Bonchev–Trinajstić information content (AvgIpc) is 3.18. The molecule has 3 N–H and O–H groups in total. The van der Waals surface area contributed by atoms with Gasteiger partial charge in [0.15, 0.2) is 11.6 Å². The summed E-state index contributed by atoms with van der Waals surface area (Å²) in [4.78, 5) is 9.83. The maximum Gasteiger partial charge on any atom is 0.159 e. The molecule has 5 nitrogen and oxygen atoms in total. The molecule has 3 heterocycles. The smallest absolute Gasteiger partial charge is 0.159 e. The summed E-state index contributed by atoms with van der Waals surface area (Å²) in [6.45, 7) is 3.83. The minimum Gasteiger partial charge on any atom is -0.299 e. The van der Waals surface area contributed by atoms with Crippen molar-refractivity contribution in [3.05, 3.63) is 46.6 Å².